The lowest BCUT2D eigenvalue weighted by molar-refractivity contribution is -0.142. The molecule has 0 amide bonds. The second kappa shape index (κ2) is 5.94. The zero-order valence-electron chi connectivity index (χ0n) is 12.6. The average Bonchev–Trinajstić information content (AvgIpc) is 2.91. The van der Waals surface area contributed by atoms with E-state index < -0.39 is 23.5 Å². The third-order valence-electron chi connectivity index (χ3n) is 3.65. The molecule has 25 heavy (non-hydrogen) atoms. The van der Waals surface area contributed by atoms with E-state index in [0.29, 0.717) is 16.2 Å². The van der Waals surface area contributed by atoms with Gasteiger partial charge in [-0.25, -0.2) is 0 Å². The van der Waals surface area contributed by atoms with Crippen LogP contribution in [0.25, 0.3) is 20.5 Å². The highest BCUT2D eigenvalue weighted by atomic mass is 32.1. The maximum atomic E-state index is 13.4. The topological polar surface area (TPSA) is 9.23 Å². The fourth-order valence-electron chi connectivity index (χ4n) is 2.55. The van der Waals surface area contributed by atoms with Gasteiger partial charge < -0.3 is 4.74 Å². The van der Waals surface area contributed by atoms with Crippen LogP contribution in [0.15, 0.2) is 42.5 Å². The molecule has 8 heteroatoms. The molecular weight excluding hydrogens is 366 g/mol. The molecule has 0 N–H and O–H groups in total. The summed E-state index contributed by atoms with van der Waals surface area (Å²) in [6, 6.07) is 8.46. The summed E-state index contributed by atoms with van der Waals surface area (Å²) < 4.78 is 84.5. The van der Waals surface area contributed by atoms with Gasteiger partial charge in [-0.2, -0.15) is 26.3 Å². The number of hydrogen-bond donors (Lipinski definition) is 0. The number of halogens is 6. The zero-order valence-corrected chi connectivity index (χ0v) is 13.4. The molecule has 0 saturated heterocycles. The molecule has 0 saturated carbocycles. The van der Waals surface area contributed by atoms with Crippen molar-refractivity contribution in [3.05, 3.63) is 53.6 Å². The molecule has 1 heterocycles. The third kappa shape index (κ3) is 3.18. The molecule has 1 nitrogen and oxygen atoms in total. The number of alkyl halides is 6. The van der Waals surface area contributed by atoms with Crippen molar-refractivity contribution in [1.82, 2.24) is 0 Å². The number of rotatable bonds is 2. The Hall–Kier alpha value is -2.22. The summed E-state index contributed by atoms with van der Waals surface area (Å²) in [6.07, 6.45) is -9.79. The van der Waals surface area contributed by atoms with Crippen molar-refractivity contribution in [2.45, 2.75) is 12.4 Å². The van der Waals surface area contributed by atoms with E-state index in [1.807, 2.05) is 0 Å². The van der Waals surface area contributed by atoms with Gasteiger partial charge in [0.1, 0.15) is 5.75 Å². The largest absolute Gasteiger partial charge is 0.495 e. The molecule has 0 spiro atoms. The molecule has 0 fully saturated rings. The van der Waals surface area contributed by atoms with Crippen molar-refractivity contribution in [3.8, 4) is 16.2 Å². The van der Waals surface area contributed by atoms with Gasteiger partial charge in [-0.15, -0.1) is 11.3 Å². The monoisotopic (exact) mass is 376 g/mol. The normalized spacial score (nSPS) is 12.6. The SMILES string of the molecule is COc1c(-c2ccc(C(F)(F)F)cc2C(F)(F)F)sc2ccccc12. The zero-order chi connectivity index (χ0) is 18.4. The van der Waals surface area contributed by atoms with Gasteiger partial charge in [-0.1, -0.05) is 18.2 Å². The Morgan fingerprint density at radius 3 is 2.16 bits per heavy atom. The first-order valence-corrected chi connectivity index (χ1v) is 7.79. The first-order chi connectivity index (χ1) is 11.6. The number of methoxy groups -OCH3 is 1. The van der Waals surface area contributed by atoms with Crippen LogP contribution in [0, 0.1) is 0 Å². The molecule has 3 aromatic rings. The summed E-state index contributed by atoms with van der Waals surface area (Å²) in [7, 11) is 1.31. The van der Waals surface area contributed by atoms with Crippen molar-refractivity contribution in [2.24, 2.45) is 0 Å². The fourth-order valence-corrected chi connectivity index (χ4v) is 3.77. The summed E-state index contributed by atoms with van der Waals surface area (Å²) in [5.41, 5.74) is -3.02. The van der Waals surface area contributed by atoms with Crippen LogP contribution in [-0.4, -0.2) is 7.11 Å². The van der Waals surface area contributed by atoms with Crippen LogP contribution in [0.2, 0.25) is 0 Å². The van der Waals surface area contributed by atoms with Gasteiger partial charge in [0.25, 0.3) is 0 Å². The molecule has 0 bridgehead atoms. The Morgan fingerprint density at radius 1 is 0.880 bits per heavy atom. The molecular formula is C17H10F6OS. The van der Waals surface area contributed by atoms with Crippen molar-refractivity contribution >= 4 is 21.4 Å². The van der Waals surface area contributed by atoms with Crippen molar-refractivity contribution in [2.75, 3.05) is 7.11 Å². The second-order valence-corrected chi connectivity index (χ2v) is 6.27. The van der Waals surface area contributed by atoms with Crippen LogP contribution in [0.5, 0.6) is 5.75 Å². The fraction of sp³-hybridized carbons (Fsp3) is 0.176. The molecule has 0 aliphatic heterocycles. The number of thiophene rings is 1. The van der Waals surface area contributed by atoms with Crippen LogP contribution < -0.4 is 4.74 Å². The first-order valence-electron chi connectivity index (χ1n) is 6.97. The molecule has 0 radical (unpaired) electrons. The van der Waals surface area contributed by atoms with E-state index in [1.54, 1.807) is 24.3 Å². The van der Waals surface area contributed by atoms with Crippen molar-refractivity contribution in [1.29, 1.82) is 0 Å². The molecule has 3 rings (SSSR count). The quantitative estimate of drug-likeness (QED) is 0.457. The van der Waals surface area contributed by atoms with Crippen LogP contribution >= 0.6 is 11.3 Å². The highest BCUT2D eigenvalue weighted by Crippen LogP contribution is 2.49. The minimum absolute atomic E-state index is 0.138. The third-order valence-corrected chi connectivity index (χ3v) is 4.84. The Labute approximate surface area is 142 Å². The lowest BCUT2D eigenvalue weighted by Crippen LogP contribution is -2.12. The van der Waals surface area contributed by atoms with Gasteiger partial charge in [0.15, 0.2) is 0 Å². The molecule has 0 aliphatic carbocycles. The van der Waals surface area contributed by atoms with Gasteiger partial charge in [0, 0.05) is 15.6 Å². The smallest absolute Gasteiger partial charge is 0.417 e. The van der Waals surface area contributed by atoms with Gasteiger partial charge in [-0.3, -0.25) is 0 Å². The van der Waals surface area contributed by atoms with E-state index in [0.717, 1.165) is 17.4 Å². The maximum absolute atomic E-state index is 13.4. The van der Waals surface area contributed by atoms with E-state index in [2.05, 4.69) is 0 Å². The Bertz CT molecular complexity index is 923. The van der Waals surface area contributed by atoms with Crippen molar-refractivity contribution in [3.63, 3.8) is 0 Å². The average molecular weight is 376 g/mol. The van der Waals surface area contributed by atoms with Gasteiger partial charge >= 0.3 is 12.4 Å². The first kappa shape index (κ1) is 17.6. The minimum Gasteiger partial charge on any atom is -0.495 e. The van der Waals surface area contributed by atoms with Crippen LogP contribution in [0.1, 0.15) is 11.1 Å². The van der Waals surface area contributed by atoms with E-state index in [4.69, 9.17) is 4.74 Å². The summed E-state index contributed by atoms with van der Waals surface area (Å²) in [4.78, 5) is 0.143. The molecule has 0 aliphatic rings. The Balaban J connectivity index is 2.31. The van der Waals surface area contributed by atoms with Crippen LogP contribution in [-0.2, 0) is 12.4 Å². The van der Waals surface area contributed by atoms with E-state index in [9.17, 15) is 26.3 Å². The molecule has 132 valence electrons. The minimum atomic E-state index is -4.93. The Morgan fingerprint density at radius 2 is 1.56 bits per heavy atom. The standard InChI is InChI=1S/C17H10F6OS/c1-24-14-11-4-2-3-5-13(11)25-15(14)10-7-6-9(16(18,19)20)8-12(10)17(21,22)23/h2-8H,1H3. The summed E-state index contributed by atoms with van der Waals surface area (Å²) in [5, 5.41) is 0.609. The number of hydrogen-bond acceptors (Lipinski definition) is 2. The highest BCUT2D eigenvalue weighted by molar-refractivity contribution is 7.22. The Kier molecular flexibility index (Phi) is 4.18. The predicted octanol–water partition coefficient (Wildman–Crippen LogP) is 6.61. The predicted molar refractivity (Wildman–Crippen MR) is 83.8 cm³/mol. The summed E-state index contributed by atoms with van der Waals surface area (Å²) in [6.45, 7) is 0. The maximum Gasteiger partial charge on any atom is 0.417 e. The van der Waals surface area contributed by atoms with Crippen LogP contribution in [0.4, 0.5) is 26.3 Å². The summed E-state index contributed by atoms with van der Waals surface area (Å²) in [5.74, 6) is 0.214. The molecule has 1 aromatic heterocycles. The molecule has 0 atom stereocenters. The second-order valence-electron chi connectivity index (χ2n) is 5.22. The van der Waals surface area contributed by atoms with Gasteiger partial charge in [0.05, 0.1) is 23.1 Å². The molecule has 2 aromatic carbocycles. The molecule has 0 unspecified atom stereocenters. The lowest BCUT2D eigenvalue weighted by Gasteiger charge is -2.16. The van der Waals surface area contributed by atoms with E-state index in [1.165, 1.54) is 7.11 Å². The van der Waals surface area contributed by atoms with Crippen LogP contribution in [0.3, 0.4) is 0 Å². The number of fused-ring (bicyclic) bond motifs is 1. The van der Waals surface area contributed by atoms with Gasteiger partial charge in [0.2, 0.25) is 0 Å². The lowest BCUT2D eigenvalue weighted by atomic mass is 10.0. The van der Waals surface area contributed by atoms with Crippen molar-refractivity contribution < 1.29 is 31.1 Å². The highest BCUT2D eigenvalue weighted by Gasteiger charge is 2.39. The number of benzene rings is 2. The summed E-state index contributed by atoms with van der Waals surface area (Å²) >= 11 is 1.04. The van der Waals surface area contributed by atoms with E-state index >= 15 is 0 Å². The number of ether oxygens (including phenoxy) is 1. The van der Waals surface area contributed by atoms with Gasteiger partial charge in [-0.05, 0) is 24.3 Å². The van der Waals surface area contributed by atoms with E-state index in [-0.39, 0.29) is 22.3 Å².